The summed E-state index contributed by atoms with van der Waals surface area (Å²) in [7, 11) is 0. The Balaban J connectivity index is 1.85. The molecule has 6 heteroatoms. The van der Waals surface area contributed by atoms with Crippen LogP contribution in [0.25, 0.3) is 22.4 Å². The zero-order chi connectivity index (χ0) is 20.2. The molecule has 1 aromatic heterocycles. The smallest absolute Gasteiger partial charge is 0.277 e. The van der Waals surface area contributed by atoms with E-state index in [4.69, 9.17) is 0 Å². The average Bonchev–Trinajstić information content (AvgIpc) is 2.79. The maximum absolute atomic E-state index is 13.5. The van der Waals surface area contributed by atoms with E-state index in [0.717, 1.165) is 30.8 Å². The third-order valence-corrected chi connectivity index (χ3v) is 5.41. The summed E-state index contributed by atoms with van der Waals surface area (Å²) >= 11 is 0. The molecule has 2 aromatic carbocycles. The molecule has 2 heterocycles. The van der Waals surface area contributed by atoms with Gasteiger partial charge in [0.15, 0.2) is 0 Å². The Morgan fingerprint density at radius 1 is 0.931 bits per heavy atom. The van der Waals surface area contributed by atoms with E-state index < -0.39 is 5.56 Å². The summed E-state index contributed by atoms with van der Waals surface area (Å²) in [6.07, 6.45) is 0. The van der Waals surface area contributed by atoms with Crippen molar-refractivity contribution < 1.29 is 4.79 Å². The number of H-pyrrole nitrogens is 1. The Hall–Kier alpha value is -3.25. The molecule has 1 N–H and O–H groups in total. The number of carbonyl (C=O) groups is 1. The molecule has 3 aromatic rings. The van der Waals surface area contributed by atoms with Gasteiger partial charge >= 0.3 is 0 Å². The quantitative estimate of drug-likeness (QED) is 0.746. The van der Waals surface area contributed by atoms with Crippen LogP contribution < -0.4 is 5.56 Å². The zero-order valence-electron chi connectivity index (χ0n) is 16.5. The third kappa shape index (κ3) is 3.84. The Morgan fingerprint density at radius 2 is 1.52 bits per heavy atom. The van der Waals surface area contributed by atoms with Crippen molar-refractivity contribution in [3.63, 3.8) is 0 Å². The molecule has 0 bridgehead atoms. The van der Waals surface area contributed by atoms with Gasteiger partial charge in [-0.25, -0.2) is 5.10 Å². The van der Waals surface area contributed by atoms with Gasteiger partial charge in [0, 0.05) is 37.3 Å². The number of aromatic amines is 1. The molecule has 6 nitrogen and oxygen atoms in total. The van der Waals surface area contributed by atoms with Gasteiger partial charge in [0.25, 0.3) is 11.5 Å². The van der Waals surface area contributed by atoms with Gasteiger partial charge in [-0.1, -0.05) is 67.6 Å². The first-order valence-corrected chi connectivity index (χ1v) is 9.94. The molecule has 0 spiro atoms. The fourth-order valence-corrected chi connectivity index (χ4v) is 3.77. The van der Waals surface area contributed by atoms with Crippen LogP contribution in [0.5, 0.6) is 0 Å². The monoisotopic (exact) mass is 388 g/mol. The standard InChI is InChI=1S/C23H24N4O2/c1-2-26-13-15-27(16-14-26)23(29)20-19(17-9-5-3-6-10-17)21(24-25-22(20)28)18-11-7-4-8-12-18/h3-12H,2,13-16H2,1H3,(H,25,28). The second-order valence-electron chi connectivity index (χ2n) is 7.11. The van der Waals surface area contributed by atoms with E-state index >= 15 is 0 Å². The second kappa shape index (κ2) is 8.41. The number of nitrogens with zero attached hydrogens (tertiary/aromatic N) is 3. The normalized spacial score (nSPS) is 14.7. The number of carbonyl (C=O) groups excluding carboxylic acids is 1. The molecule has 4 rings (SSSR count). The first kappa shape index (κ1) is 19.1. The van der Waals surface area contributed by atoms with Crippen LogP contribution in [0.2, 0.25) is 0 Å². The van der Waals surface area contributed by atoms with Gasteiger partial charge in [-0.2, -0.15) is 5.10 Å². The van der Waals surface area contributed by atoms with Crippen molar-refractivity contribution in [3.05, 3.63) is 76.6 Å². The average molecular weight is 388 g/mol. The van der Waals surface area contributed by atoms with Crippen LogP contribution in [0.15, 0.2) is 65.5 Å². The highest BCUT2D eigenvalue weighted by atomic mass is 16.2. The van der Waals surface area contributed by atoms with Crippen LogP contribution in [0, 0.1) is 0 Å². The summed E-state index contributed by atoms with van der Waals surface area (Å²) in [4.78, 5) is 30.4. The molecule has 29 heavy (non-hydrogen) atoms. The minimum absolute atomic E-state index is 0.162. The van der Waals surface area contributed by atoms with Gasteiger partial charge in [-0.3, -0.25) is 9.59 Å². The summed E-state index contributed by atoms with van der Waals surface area (Å²) in [5.41, 5.74) is 2.56. The van der Waals surface area contributed by atoms with Gasteiger partial charge in [0.05, 0.1) is 5.69 Å². The highest BCUT2D eigenvalue weighted by Crippen LogP contribution is 2.32. The molecule has 0 aliphatic carbocycles. The summed E-state index contributed by atoms with van der Waals surface area (Å²) in [6.45, 7) is 5.94. The van der Waals surface area contributed by atoms with Crippen molar-refractivity contribution in [1.29, 1.82) is 0 Å². The molecule has 1 aliphatic rings. The molecule has 1 aliphatic heterocycles. The lowest BCUT2D eigenvalue weighted by Gasteiger charge is -2.34. The van der Waals surface area contributed by atoms with Gasteiger partial charge in [0.2, 0.25) is 0 Å². The topological polar surface area (TPSA) is 69.3 Å². The molecule has 1 saturated heterocycles. The van der Waals surface area contributed by atoms with E-state index in [1.54, 1.807) is 4.90 Å². The molecule has 0 radical (unpaired) electrons. The number of hydrogen-bond donors (Lipinski definition) is 1. The van der Waals surface area contributed by atoms with E-state index in [1.807, 2.05) is 60.7 Å². The fraction of sp³-hybridized carbons (Fsp3) is 0.261. The van der Waals surface area contributed by atoms with Gasteiger partial charge in [-0.15, -0.1) is 0 Å². The van der Waals surface area contributed by atoms with Crippen molar-refractivity contribution in [3.8, 4) is 22.4 Å². The minimum Gasteiger partial charge on any atom is -0.336 e. The number of nitrogens with one attached hydrogen (secondary N) is 1. The molecule has 1 fully saturated rings. The predicted octanol–water partition coefficient (Wildman–Crippen LogP) is 2.88. The number of likely N-dealkylation sites (N-methyl/N-ethyl adjacent to an activating group) is 1. The van der Waals surface area contributed by atoms with Gasteiger partial charge in [-0.05, 0) is 12.1 Å². The zero-order valence-corrected chi connectivity index (χ0v) is 16.5. The Kier molecular flexibility index (Phi) is 5.53. The number of rotatable bonds is 4. The van der Waals surface area contributed by atoms with Gasteiger partial charge in [0.1, 0.15) is 5.56 Å². The van der Waals surface area contributed by atoms with Crippen molar-refractivity contribution >= 4 is 5.91 Å². The molecule has 0 saturated carbocycles. The number of piperazine rings is 1. The Morgan fingerprint density at radius 3 is 2.10 bits per heavy atom. The molecule has 0 unspecified atom stereocenters. The molecule has 0 atom stereocenters. The van der Waals surface area contributed by atoms with Crippen molar-refractivity contribution in [1.82, 2.24) is 20.0 Å². The summed E-state index contributed by atoms with van der Waals surface area (Å²) < 4.78 is 0. The third-order valence-electron chi connectivity index (χ3n) is 5.41. The fourth-order valence-electron chi connectivity index (χ4n) is 3.77. The van der Waals surface area contributed by atoms with Crippen LogP contribution in [0.4, 0.5) is 0 Å². The molecule has 148 valence electrons. The van der Waals surface area contributed by atoms with Crippen LogP contribution in [0.1, 0.15) is 17.3 Å². The first-order chi connectivity index (χ1) is 14.2. The summed E-state index contributed by atoms with van der Waals surface area (Å²) in [5, 5.41) is 6.88. The lowest BCUT2D eigenvalue weighted by Crippen LogP contribution is -2.49. The summed E-state index contributed by atoms with van der Waals surface area (Å²) in [6, 6.07) is 19.2. The van der Waals surface area contributed by atoms with Crippen LogP contribution in [0.3, 0.4) is 0 Å². The van der Waals surface area contributed by atoms with Crippen LogP contribution in [-0.2, 0) is 0 Å². The lowest BCUT2D eigenvalue weighted by atomic mass is 9.95. The maximum Gasteiger partial charge on any atom is 0.277 e. The Labute approximate surface area is 169 Å². The Bertz CT molecular complexity index is 1040. The molecule has 1 amide bonds. The number of amides is 1. The largest absolute Gasteiger partial charge is 0.336 e. The van der Waals surface area contributed by atoms with Crippen molar-refractivity contribution in [2.75, 3.05) is 32.7 Å². The summed E-state index contributed by atoms with van der Waals surface area (Å²) in [5.74, 6) is -0.236. The number of hydrogen-bond acceptors (Lipinski definition) is 4. The van der Waals surface area contributed by atoms with Crippen molar-refractivity contribution in [2.45, 2.75) is 6.92 Å². The predicted molar refractivity (Wildman–Crippen MR) is 114 cm³/mol. The van der Waals surface area contributed by atoms with E-state index in [-0.39, 0.29) is 11.5 Å². The van der Waals surface area contributed by atoms with Crippen LogP contribution in [-0.4, -0.2) is 58.6 Å². The number of benzene rings is 2. The highest BCUT2D eigenvalue weighted by Gasteiger charge is 2.28. The SMILES string of the molecule is CCN1CCN(C(=O)c2c(-c3ccccc3)c(-c3ccccc3)n[nH]c2=O)CC1. The van der Waals surface area contributed by atoms with E-state index in [2.05, 4.69) is 22.0 Å². The van der Waals surface area contributed by atoms with E-state index in [9.17, 15) is 9.59 Å². The maximum atomic E-state index is 13.5. The lowest BCUT2D eigenvalue weighted by molar-refractivity contribution is 0.0642. The van der Waals surface area contributed by atoms with Crippen LogP contribution >= 0.6 is 0 Å². The second-order valence-corrected chi connectivity index (χ2v) is 7.11. The molecular formula is C23H24N4O2. The minimum atomic E-state index is -0.452. The first-order valence-electron chi connectivity index (χ1n) is 9.94. The number of aromatic nitrogens is 2. The van der Waals surface area contributed by atoms with E-state index in [1.165, 1.54) is 0 Å². The van der Waals surface area contributed by atoms with Gasteiger partial charge < -0.3 is 9.80 Å². The van der Waals surface area contributed by atoms with E-state index in [0.29, 0.717) is 24.3 Å². The highest BCUT2D eigenvalue weighted by molar-refractivity contribution is 6.03. The van der Waals surface area contributed by atoms with Crippen molar-refractivity contribution in [2.24, 2.45) is 0 Å². The molecular weight excluding hydrogens is 364 g/mol.